The van der Waals surface area contributed by atoms with Crippen molar-refractivity contribution in [1.82, 2.24) is 0 Å². The van der Waals surface area contributed by atoms with Gasteiger partial charge in [-0.3, -0.25) is 10.1 Å². The molecule has 2 aromatic carbocycles. The number of ether oxygens (including phenoxy) is 2. The summed E-state index contributed by atoms with van der Waals surface area (Å²) in [6.07, 6.45) is 1.57. The van der Waals surface area contributed by atoms with Crippen LogP contribution in [0.2, 0.25) is 5.02 Å². The van der Waals surface area contributed by atoms with Gasteiger partial charge in [0, 0.05) is 18.2 Å². The normalized spacial score (nSPS) is 10.9. The van der Waals surface area contributed by atoms with Crippen LogP contribution < -0.4 is 9.47 Å². The molecule has 0 aliphatic rings. The maximum Gasteiger partial charge on any atom is 0.270 e. The van der Waals surface area contributed by atoms with Crippen LogP contribution in [0, 0.1) is 21.4 Å². The lowest BCUT2D eigenvalue weighted by Gasteiger charge is -2.13. The van der Waals surface area contributed by atoms with Gasteiger partial charge in [0.15, 0.2) is 11.5 Å². The predicted octanol–water partition coefficient (Wildman–Crippen LogP) is 5.11. The number of hydrogen-bond donors (Lipinski definition) is 0. The lowest BCUT2D eigenvalue weighted by molar-refractivity contribution is -0.384. The Morgan fingerprint density at radius 1 is 1.23 bits per heavy atom. The number of allylic oxidation sites excluding steroid dienone is 1. The Labute approximate surface area is 156 Å². The molecule has 0 unspecified atom stereocenters. The van der Waals surface area contributed by atoms with E-state index in [1.54, 1.807) is 24.3 Å². The molecule has 7 heteroatoms. The highest BCUT2D eigenvalue weighted by atomic mass is 35.5. The Kier molecular flexibility index (Phi) is 6.59. The molecule has 0 saturated heterocycles. The number of nitriles is 1. The number of hydrogen-bond acceptors (Lipinski definition) is 5. The van der Waals surface area contributed by atoms with Crippen molar-refractivity contribution < 1.29 is 14.4 Å². The minimum atomic E-state index is -0.504. The zero-order valence-electron chi connectivity index (χ0n) is 14.4. The molecule has 0 fully saturated rings. The number of benzene rings is 2. The van der Waals surface area contributed by atoms with Gasteiger partial charge in [-0.2, -0.15) is 5.26 Å². The van der Waals surface area contributed by atoms with Crippen molar-refractivity contribution in [1.29, 1.82) is 5.26 Å². The Morgan fingerprint density at radius 2 is 1.88 bits per heavy atom. The number of halogens is 1. The van der Waals surface area contributed by atoms with Crippen LogP contribution in [0.1, 0.15) is 25.0 Å². The molecule has 0 spiro atoms. The Balaban J connectivity index is 2.52. The molecule has 0 N–H and O–H groups in total. The van der Waals surface area contributed by atoms with E-state index in [0.29, 0.717) is 40.9 Å². The lowest BCUT2D eigenvalue weighted by Crippen LogP contribution is -1.99. The van der Waals surface area contributed by atoms with Crippen LogP contribution in [0.15, 0.2) is 36.4 Å². The summed E-state index contributed by atoms with van der Waals surface area (Å²) >= 11 is 6.31. The van der Waals surface area contributed by atoms with Crippen LogP contribution in [0.4, 0.5) is 5.69 Å². The summed E-state index contributed by atoms with van der Waals surface area (Å²) in [5.41, 5.74) is 1.16. The summed E-state index contributed by atoms with van der Waals surface area (Å²) in [5.74, 6) is 1.03. The smallest absolute Gasteiger partial charge is 0.270 e. The predicted molar refractivity (Wildman–Crippen MR) is 100 cm³/mol. The van der Waals surface area contributed by atoms with Crippen molar-refractivity contribution in [2.45, 2.75) is 13.8 Å². The van der Waals surface area contributed by atoms with Crippen LogP contribution in [0.3, 0.4) is 0 Å². The first-order chi connectivity index (χ1) is 12.5. The molecule has 0 atom stereocenters. The summed E-state index contributed by atoms with van der Waals surface area (Å²) in [5, 5.41) is 20.8. The molecule has 0 saturated carbocycles. The highest BCUT2D eigenvalue weighted by molar-refractivity contribution is 6.32. The lowest BCUT2D eigenvalue weighted by atomic mass is 10.0. The Bertz CT molecular complexity index is 888. The fraction of sp³-hybridized carbons (Fsp3) is 0.211. The van der Waals surface area contributed by atoms with E-state index in [0.717, 1.165) is 0 Å². The molecule has 2 rings (SSSR count). The monoisotopic (exact) mass is 372 g/mol. The van der Waals surface area contributed by atoms with Crippen molar-refractivity contribution in [3.8, 4) is 17.6 Å². The van der Waals surface area contributed by atoms with Gasteiger partial charge in [-0.1, -0.05) is 23.7 Å². The fourth-order valence-electron chi connectivity index (χ4n) is 2.32. The number of nitrogens with zero attached hydrogens (tertiary/aromatic N) is 2. The first kappa shape index (κ1) is 19.3. The average molecular weight is 373 g/mol. The maximum absolute atomic E-state index is 10.9. The van der Waals surface area contributed by atoms with Crippen LogP contribution in [0.5, 0.6) is 11.5 Å². The van der Waals surface area contributed by atoms with Crippen molar-refractivity contribution in [3.63, 3.8) is 0 Å². The highest BCUT2D eigenvalue weighted by Gasteiger charge is 2.13. The fourth-order valence-corrected chi connectivity index (χ4v) is 2.53. The van der Waals surface area contributed by atoms with Gasteiger partial charge in [-0.25, -0.2) is 0 Å². The second kappa shape index (κ2) is 8.88. The second-order valence-corrected chi connectivity index (χ2v) is 5.57. The topological polar surface area (TPSA) is 85.4 Å². The first-order valence-electron chi connectivity index (χ1n) is 7.95. The SMILES string of the molecule is CCOc1cc(Cl)c(/C=C(/C#N)c2cccc([N+](=O)[O-])c2)cc1OCC. The van der Waals surface area contributed by atoms with E-state index in [2.05, 4.69) is 6.07 Å². The first-order valence-corrected chi connectivity index (χ1v) is 8.33. The Morgan fingerprint density at radius 3 is 2.46 bits per heavy atom. The molecule has 6 nitrogen and oxygen atoms in total. The summed E-state index contributed by atoms with van der Waals surface area (Å²) < 4.78 is 11.1. The molecule has 26 heavy (non-hydrogen) atoms. The number of nitro groups is 1. The molecule has 0 aromatic heterocycles. The maximum atomic E-state index is 10.9. The molecule has 0 amide bonds. The number of rotatable bonds is 7. The quantitative estimate of drug-likeness (QED) is 0.292. The van der Waals surface area contributed by atoms with Crippen molar-refractivity contribution in [3.05, 3.63) is 62.7 Å². The van der Waals surface area contributed by atoms with E-state index >= 15 is 0 Å². The molecule has 0 heterocycles. The van der Waals surface area contributed by atoms with Crippen LogP contribution in [0.25, 0.3) is 11.6 Å². The highest BCUT2D eigenvalue weighted by Crippen LogP contribution is 2.35. The number of non-ortho nitro benzene ring substituents is 1. The zero-order chi connectivity index (χ0) is 19.1. The molecule has 2 aromatic rings. The summed E-state index contributed by atoms with van der Waals surface area (Å²) in [6.45, 7) is 4.61. The molecule has 0 aliphatic carbocycles. The Hall–Kier alpha value is -3.04. The van der Waals surface area contributed by atoms with E-state index in [1.165, 1.54) is 18.2 Å². The van der Waals surface area contributed by atoms with Gasteiger partial charge in [0.05, 0.1) is 34.8 Å². The second-order valence-electron chi connectivity index (χ2n) is 5.16. The van der Waals surface area contributed by atoms with Crippen LogP contribution >= 0.6 is 11.6 Å². The van der Waals surface area contributed by atoms with Gasteiger partial charge in [-0.05, 0) is 37.1 Å². The number of nitro benzene ring substituents is 1. The summed E-state index contributed by atoms with van der Waals surface area (Å²) in [4.78, 5) is 10.4. The summed E-state index contributed by atoms with van der Waals surface area (Å²) in [6, 6.07) is 11.3. The molecular formula is C19H17ClN2O4. The third kappa shape index (κ3) is 4.52. The third-order valence-electron chi connectivity index (χ3n) is 3.45. The van der Waals surface area contributed by atoms with Crippen molar-refractivity contribution in [2.75, 3.05) is 13.2 Å². The molecule has 134 valence electrons. The largest absolute Gasteiger partial charge is 0.490 e. The standard InChI is InChI=1S/C19H17ClN2O4/c1-3-25-18-10-14(17(20)11-19(18)26-4-2)8-15(12-21)13-6-5-7-16(9-13)22(23)24/h5-11H,3-4H2,1-2H3/b15-8-. The van der Waals surface area contributed by atoms with Crippen molar-refractivity contribution in [2.24, 2.45) is 0 Å². The van der Waals surface area contributed by atoms with Crippen LogP contribution in [-0.4, -0.2) is 18.1 Å². The molecule has 0 bridgehead atoms. The minimum absolute atomic E-state index is 0.0866. The third-order valence-corrected chi connectivity index (χ3v) is 3.78. The molecule has 0 radical (unpaired) electrons. The van der Waals surface area contributed by atoms with Gasteiger partial charge < -0.3 is 9.47 Å². The van der Waals surface area contributed by atoms with E-state index in [-0.39, 0.29) is 11.3 Å². The average Bonchev–Trinajstić information content (AvgIpc) is 2.63. The van der Waals surface area contributed by atoms with Gasteiger partial charge in [0.25, 0.3) is 5.69 Å². The van der Waals surface area contributed by atoms with Gasteiger partial charge in [-0.15, -0.1) is 0 Å². The van der Waals surface area contributed by atoms with E-state index < -0.39 is 4.92 Å². The van der Waals surface area contributed by atoms with Crippen molar-refractivity contribution >= 4 is 28.9 Å². The van der Waals surface area contributed by atoms with E-state index in [1.807, 2.05) is 13.8 Å². The molecule has 0 aliphatic heterocycles. The van der Waals surface area contributed by atoms with Gasteiger partial charge in [0.1, 0.15) is 0 Å². The van der Waals surface area contributed by atoms with E-state index in [9.17, 15) is 15.4 Å². The molecular weight excluding hydrogens is 356 g/mol. The van der Waals surface area contributed by atoms with Crippen LogP contribution in [-0.2, 0) is 0 Å². The minimum Gasteiger partial charge on any atom is -0.490 e. The summed E-state index contributed by atoms with van der Waals surface area (Å²) in [7, 11) is 0. The van der Waals surface area contributed by atoms with Gasteiger partial charge in [0.2, 0.25) is 0 Å². The van der Waals surface area contributed by atoms with E-state index in [4.69, 9.17) is 21.1 Å². The van der Waals surface area contributed by atoms with Gasteiger partial charge >= 0.3 is 0 Å². The zero-order valence-corrected chi connectivity index (χ0v) is 15.1.